The fraction of sp³-hybridized carbons (Fsp3) is 0.296. The van der Waals surface area contributed by atoms with Gasteiger partial charge in [-0.2, -0.15) is 0 Å². The molecule has 0 aliphatic heterocycles. The Morgan fingerprint density at radius 1 is 0.774 bits per heavy atom. The zero-order valence-electron chi connectivity index (χ0n) is 17.5. The molecule has 3 rings (SSSR count). The normalized spacial score (nSPS) is 11.3. The number of carbonyl (C=O) groups excluding carboxylic acids is 1. The van der Waals surface area contributed by atoms with Crippen molar-refractivity contribution in [2.45, 2.75) is 33.8 Å². The van der Waals surface area contributed by atoms with E-state index in [4.69, 9.17) is 14.2 Å². The standard InChI is InChI=1S/C26H28O4.CH4/c1-3-28-26(20(2)27)19-21-9-13-24(14-10-21)29-17-18-30-25-15-11-23(12-16-25)22-7-5-4-6-8-22;/h4-16,26H,3,17-19H2,1-2H3;1H4/t26-;/m0./s1. The molecule has 0 bridgehead atoms. The maximum Gasteiger partial charge on any atom is 0.158 e. The second kappa shape index (κ2) is 12.6. The molecule has 3 aromatic rings. The summed E-state index contributed by atoms with van der Waals surface area (Å²) in [7, 11) is 0. The average molecular weight is 421 g/mol. The topological polar surface area (TPSA) is 44.8 Å². The Kier molecular flexibility index (Phi) is 9.79. The molecule has 0 amide bonds. The monoisotopic (exact) mass is 420 g/mol. The first-order valence-corrected chi connectivity index (χ1v) is 10.3. The fourth-order valence-electron chi connectivity index (χ4n) is 3.15. The van der Waals surface area contributed by atoms with Crippen molar-refractivity contribution in [2.75, 3.05) is 19.8 Å². The Bertz CT molecular complexity index is 902. The van der Waals surface area contributed by atoms with E-state index in [-0.39, 0.29) is 19.3 Å². The molecule has 164 valence electrons. The van der Waals surface area contributed by atoms with Crippen molar-refractivity contribution in [3.05, 3.63) is 84.4 Å². The molecule has 0 aromatic heterocycles. The van der Waals surface area contributed by atoms with E-state index in [0.29, 0.717) is 26.2 Å². The van der Waals surface area contributed by atoms with E-state index >= 15 is 0 Å². The van der Waals surface area contributed by atoms with Crippen LogP contribution in [0.1, 0.15) is 26.8 Å². The smallest absolute Gasteiger partial charge is 0.158 e. The largest absolute Gasteiger partial charge is 0.490 e. The minimum Gasteiger partial charge on any atom is -0.490 e. The van der Waals surface area contributed by atoms with E-state index in [2.05, 4.69) is 24.3 Å². The fourth-order valence-corrected chi connectivity index (χ4v) is 3.15. The first kappa shape index (κ1) is 24.2. The van der Waals surface area contributed by atoms with Gasteiger partial charge in [-0.15, -0.1) is 0 Å². The Balaban J connectivity index is 0.00000341. The molecule has 31 heavy (non-hydrogen) atoms. The predicted octanol–water partition coefficient (Wildman–Crippen LogP) is 5.98. The van der Waals surface area contributed by atoms with Crippen LogP contribution in [0.25, 0.3) is 11.1 Å². The van der Waals surface area contributed by atoms with Crippen LogP contribution in [0.2, 0.25) is 0 Å². The lowest BCUT2D eigenvalue weighted by molar-refractivity contribution is -0.127. The number of ketones is 1. The van der Waals surface area contributed by atoms with E-state index in [1.807, 2.05) is 61.5 Å². The zero-order valence-corrected chi connectivity index (χ0v) is 17.5. The molecular weight excluding hydrogens is 388 g/mol. The lowest BCUT2D eigenvalue weighted by atomic mass is 10.1. The minimum absolute atomic E-state index is 0. The number of carbonyl (C=O) groups is 1. The Labute approximate surface area is 185 Å². The second-order valence-electron chi connectivity index (χ2n) is 6.99. The summed E-state index contributed by atoms with van der Waals surface area (Å²) < 4.78 is 17.0. The third-order valence-electron chi connectivity index (χ3n) is 4.75. The lowest BCUT2D eigenvalue weighted by Crippen LogP contribution is -2.24. The van der Waals surface area contributed by atoms with Crippen molar-refractivity contribution >= 4 is 5.78 Å². The summed E-state index contributed by atoms with van der Waals surface area (Å²) in [5, 5.41) is 0. The predicted molar refractivity (Wildman–Crippen MR) is 126 cm³/mol. The van der Waals surface area contributed by atoms with Crippen LogP contribution in [0.3, 0.4) is 0 Å². The summed E-state index contributed by atoms with van der Waals surface area (Å²) in [6.07, 6.45) is 0.189. The van der Waals surface area contributed by atoms with Crippen LogP contribution in [0.5, 0.6) is 11.5 Å². The molecule has 1 atom stereocenters. The molecule has 0 aliphatic rings. The molecule has 0 spiro atoms. The van der Waals surface area contributed by atoms with Gasteiger partial charge in [0, 0.05) is 13.0 Å². The van der Waals surface area contributed by atoms with Gasteiger partial charge in [-0.1, -0.05) is 62.0 Å². The number of hydrogen-bond donors (Lipinski definition) is 0. The third-order valence-corrected chi connectivity index (χ3v) is 4.75. The molecule has 0 saturated carbocycles. The van der Waals surface area contributed by atoms with Crippen LogP contribution in [-0.4, -0.2) is 31.7 Å². The van der Waals surface area contributed by atoms with Crippen molar-refractivity contribution < 1.29 is 19.0 Å². The molecule has 0 heterocycles. The van der Waals surface area contributed by atoms with Crippen LogP contribution in [0.15, 0.2) is 78.9 Å². The van der Waals surface area contributed by atoms with Crippen molar-refractivity contribution in [1.82, 2.24) is 0 Å². The highest BCUT2D eigenvalue weighted by atomic mass is 16.5. The van der Waals surface area contributed by atoms with E-state index in [1.54, 1.807) is 6.92 Å². The SMILES string of the molecule is C.CCO[C@@H](Cc1ccc(OCCOc2ccc(-c3ccccc3)cc2)cc1)C(C)=O. The number of hydrogen-bond acceptors (Lipinski definition) is 4. The Morgan fingerprint density at radius 3 is 1.81 bits per heavy atom. The van der Waals surface area contributed by atoms with E-state index in [1.165, 1.54) is 5.56 Å². The van der Waals surface area contributed by atoms with Crippen molar-refractivity contribution in [1.29, 1.82) is 0 Å². The maximum absolute atomic E-state index is 11.6. The van der Waals surface area contributed by atoms with Gasteiger partial charge in [-0.25, -0.2) is 0 Å². The van der Waals surface area contributed by atoms with Gasteiger partial charge >= 0.3 is 0 Å². The minimum atomic E-state index is -0.386. The van der Waals surface area contributed by atoms with Gasteiger partial charge in [0.05, 0.1) is 0 Å². The number of ether oxygens (including phenoxy) is 3. The zero-order chi connectivity index (χ0) is 21.2. The maximum atomic E-state index is 11.6. The first-order valence-electron chi connectivity index (χ1n) is 10.3. The van der Waals surface area contributed by atoms with Crippen molar-refractivity contribution in [2.24, 2.45) is 0 Å². The highest BCUT2D eigenvalue weighted by molar-refractivity contribution is 5.80. The summed E-state index contributed by atoms with van der Waals surface area (Å²) >= 11 is 0. The molecule has 0 unspecified atom stereocenters. The van der Waals surface area contributed by atoms with E-state index < -0.39 is 0 Å². The van der Waals surface area contributed by atoms with Gasteiger partial charge in [0.1, 0.15) is 30.8 Å². The summed E-state index contributed by atoms with van der Waals surface area (Å²) in [4.78, 5) is 11.6. The van der Waals surface area contributed by atoms with E-state index in [0.717, 1.165) is 22.6 Å². The van der Waals surface area contributed by atoms with Crippen LogP contribution < -0.4 is 9.47 Å². The highest BCUT2D eigenvalue weighted by Crippen LogP contribution is 2.22. The Hall–Kier alpha value is -3.11. The lowest BCUT2D eigenvalue weighted by Gasteiger charge is -2.14. The van der Waals surface area contributed by atoms with Crippen LogP contribution in [0.4, 0.5) is 0 Å². The molecular formula is C27H32O4. The summed E-state index contributed by atoms with van der Waals surface area (Å²) in [5.74, 6) is 1.64. The van der Waals surface area contributed by atoms with Gasteiger partial charge in [0.25, 0.3) is 0 Å². The number of Topliss-reactive ketones (excluding diaryl/α,β-unsaturated/α-hetero) is 1. The molecule has 0 radical (unpaired) electrons. The first-order chi connectivity index (χ1) is 14.7. The van der Waals surface area contributed by atoms with Crippen LogP contribution >= 0.6 is 0 Å². The quantitative estimate of drug-likeness (QED) is 0.358. The van der Waals surface area contributed by atoms with E-state index in [9.17, 15) is 4.79 Å². The summed E-state index contributed by atoms with van der Waals surface area (Å²) in [6.45, 7) is 4.90. The van der Waals surface area contributed by atoms with Gasteiger partial charge < -0.3 is 14.2 Å². The molecule has 3 aromatic carbocycles. The summed E-state index contributed by atoms with van der Waals surface area (Å²) in [6, 6.07) is 26.1. The van der Waals surface area contributed by atoms with Crippen molar-refractivity contribution in [3.8, 4) is 22.6 Å². The molecule has 0 fully saturated rings. The van der Waals surface area contributed by atoms with Gasteiger partial charge in [-0.05, 0) is 54.8 Å². The van der Waals surface area contributed by atoms with Crippen LogP contribution in [-0.2, 0) is 16.0 Å². The number of benzene rings is 3. The Morgan fingerprint density at radius 2 is 1.29 bits per heavy atom. The van der Waals surface area contributed by atoms with Crippen molar-refractivity contribution in [3.63, 3.8) is 0 Å². The van der Waals surface area contributed by atoms with Gasteiger partial charge in [0.2, 0.25) is 0 Å². The van der Waals surface area contributed by atoms with Crippen LogP contribution in [0, 0.1) is 0 Å². The molecule has 4 nitrogen and oxygen atoms in total. The summed E-state index contributed by atoms with van der Waals surface area (Å²) in [5.41, 5.74) is 3.40. The van der Waals surface area contributed by atoms with Gasteiger partial charge in [0.15, 0.2) is 5.78 Å². The molecule has 0 aliphatic carbocycles. The second-order valence-corrected chi connectivity index (χ2v) is 6.99. The molecule has 0 saturated heterocycles. The average Bonchev–Trinajstić information content (AvgIpc) is 2.78. The highest BCUT2D eigenvalue weighted by Gasteiger charge is 2.14. The third kappa shape index (κ3) is 7.58. The van der Waals surface area contributed by atoms with Gasteiger partial charge in [-0.3, -0.25) is 4.79 Å². The number of rotatable bonds is 11. The molecule has 0 N–H and O–H groups in total. The molecule has 4 heteroatoms.